The minimum absolute atomic E-state index is 0.832. The molecule has 0 aliphatic carbocycles. The van der Waals surface area contributed by atoms with Gasteiger partial charge in [0.15, 0.2) is 0 Å². The Bertz CT molecular complexity index is 412. The molecular weight excluding hydrogens is 180 g/mol. The Morgan fingerprint density at radius 3 is 2.92 bits per heavy atom. The van der Waals surface area contributed by atoms with Gasteiger partial charge >= 0.3 is 0 Å². The molecule has 0 spiro atoms. The Labute approximate surface area is 82.0 Å². The van der Waals surface area contributed by atoms with E-state index in [4.69, 9.17) is 12.2 Å². The smallest absolute Gasteiger partial charge is 0.145 e. The normalized spacial score (nSPS) is 10.5. The van der Waals surface area contributed by atoms with Gasteiger partial charge in [0.1, 0.15) is 5.82 Å². The van der Waals surface area contributed by atoms with Crippen molar-refractivity contribution in [3.05, 3.63) is 30.1 Å². The van der Waals surface area contributed by atoms with Crippen molar-refractivity contribution in [3.8, 4) is 0 Å². The lowest BCUT2D eigenvalue weighted by atomic mass is 10.3. The molecule has 2 nitrogen and oxygen atoms in total. The van der Waals surface area contributed by atoms with E-state index >= 15 is 0 Å². The molecule has 0 saturated heterocycles. The summed E-state index contributed by atoms with van der Waals surface area (Å²) in [6.07, 6.45) is 0.856. The summed E-state index contributed by atoms with van der Waals surface area (Å²) in [5.74, 6) is 0.832. The van der Waals surface area contributed by atoms with Crippen molar-refractivity contribution in [2.24, 2.45) is 0 Å². The van der Waals surface area contributed by atoms with Crippen molar-refractivity contribution < 1.29 is 0 Å². The Morgan fingerprint density at radius 2 is 2.23 bits per heavy atom. The average Bonchev–Trinajstić information content (AvgIpc) is 2.59. The van der Waals surface area contributed by atoms with E-state index < -0.39 is 0 Å². The fourth-order valence-corrected chi connectivity index (χ4v) is 1.35. The number of fused-ring (bicyclic) bond motifs is 1. The molecule has 0 radical (unpaired) electrons. The third-order valence-electron chi connectivity index (χ3n) is 1.97. The summed E-state index contributed by atoms with van der Waals surface area (Å²) in [4.78, 5) is 8.47. The lowest BCUT2D eigenvalue weighted by molar-refractivity contribution is 1.23. The number of aromatic nitrogens is 2. The van der Waals surface area contributed by atoms with Gasteiger partial charge in [-0.15, -0.1) is 0 Å². The predicted molar refractivity (Wildman–Crippen MR) is 58.1 cm³/mol. The van der Waals surface area contributed by atoms with Crippen LogP contribution >= 0.6 is 12.2 Å². The molecule has 0 amide bonds. The summed E-state index contributed by atoms with van der Waals surface area (Å²) in [6, 6.07) is 7.94. The molecule has 0 bridgehead atoms. The highest BCUT2D eigenvalue weighted by Crippen LogP contribution is 2.11. The van der Waals surface area contributed by atoms with Crippen LogP contribution in [0, 0.1) is 0 Å². The topological polar surface area (TPSA) is 28.7 Å². The summed E-state index contributed by atoms with van der Waals surface area (Å²) in [7, 11) is 0. The van der Waals surface area contributed by atoms with Crippen molar-refractivity contribution in [2.75, 3.05) is 0 Å². The molecule has 0 aliphatic rings. The molecule has 66 valence electrons. The summed E-state index contributed by atoms with van der Waals surface area (Å²) in [5.41, 5.74) is 2.03. The van der Waals surface area contributed by atoms with E-state index in [1.54, 1.807) is 0 Å². The van der Waals surface area contributed by atoms with Crippen molar-refractivity contribution in [1.29, 1.82) is 0 Å². The van der Waals surface area contributed by atoms with E-state index in [0.717, 1.165) is 28.1 Å². The molecular formula is C10H10N2S. The highest BCUT2D eigenvalue weighted by molar-refractivity contribution is 7.80. The van der Waals surface area contributed by atoms with Crippen LogP contribution in [-0.4, -0.2) is 14.8 Å². The SMILES string of the molecule is CCC(=S)c1nc2ccccc2[nH]1. The van der Waals surface area contributed by atoms with Gasteiger partial charge in [0.25, 0.3) is 0 Å². The first-order valence-electron chi connectivity index (χ1n) is 4.29. The summed E-state index contributed by atoms with van der Waals surface area (Å²) < 4.78 is 0. The number of nitrogens with one attached hydrogen (secondary N) is 1. The first kappa shape index (κ1) is 8.38. The van der Waals surface area contributed by atoms with Crippen LogP contribution in [0.3, 0.4) is 0 Å². The molecule has 0 atom stereocenters. The van der Waals surface area contributed by atoms with Gasteiger partial charge in [-0.2, -0.15) is 0 Å². The molecule has 3 heteroatoms. The van der Waals surface area contributed by atoms with E-state index in [9.17, 15) is 0 Å². The number of hydrogen-bond acceptors (Lipinski definition) is 2. The number of aromatic amines is 1. The van der Waals surface area contributed by atoms with Gasteiger partial charge in [-0.25, -0.2) is 4.98 Å². The van der Waals surface area contributed by atoms with Crippen molar-refractivity contribution >= 4 is 28.1 Å². The monoisotopic (exact) mass is 190 g/mol. The quantitative estimate of drug-likeness (QED) is 0.582. The number of para-hydroxylation sites is 2. The van der Waals surface area contributed by atoms with Crippen LogP contribution in [0.2, 0.25) is 0 Å². The molecule has 0 fully saturated rings. The van der Waals surface area contributed by atoms with Crippen molar-refractivity contribution in [2.45, 2.75) is 13.3 Å². The number of thiocarbonyl (C=S) groups is 1. The van der Waals surface area contributed by atoms with E-state index in [-0.39, 0.29) is 0 Å². The first-order chi connectivity index (χ1) is 6.31. The van der Waals surface area contributed by atoms with Crippen LogP contribution in [0.25, 0.3) is 11.0 Å². The largest absolute Gasteiger partial charge is 0.338 e. The lowest BCUT2D eigenvalue weighted by Gasteiger charge is -1.91. The van der Waals surface area contributed by atoms with E-state index in [2.05, 4.69) is 9.97 Å². The highest BCUT2D eigenvalue weighted by Gasteiger charge is 2.04. The Balaban J connectivity index is 2.56. The molecule has 1 aromatic carbocycles. The second-order valence-corrected chi connectivity index (χ2v) is 3.37. The van der Waals surface area contributed by atoms with E-state index in [1.807, 2.05) is 31.2 Å². The predicted octanol–water partition coefficient (Wildman–Crippen LogP) is 2.69. The van der Waals surface area contributed by atoms with Crippen LogP contribution < -0.4 is 0 Å². The molecule has 0 unspecified atom stereocenters. The number of rotatable bonds is 2. The van der Waals surface area contributed by atoms with Crippen LogP contribution in [0.1, 0.15) is 19.2 Å². The van der Waals surface area contributed by atoms with Crippen molar-refractivity contribution in [3.63, 3.8) is 0 Å². The van der Waals surface area contributed by atoms with Crippen LogP contribution in [-0.2, 0) is 0 Å². The molecule has 2 rings (SSSR count). The van der Waals surface area contributed by atoms with Crippen molar-refractivity contribution in [1.82, 2.24) is 9.97 Å². The van der Waals surface area contributed by atoms with E-state index in [1.165, 1.54) is 0 Å². The zero-order valence-corrected chi connectivity index (χ0v) is 8.19. The third kappa shape index (κ3) is 1.47. The van der Waals surface area contributed by atoms with Gasteiger partial charge < -0.3 is 4.98 Å². The summed E-state index contributed by atoms with van der Waals surface area (Å²) in [6.45, 7) is 2.04. The number of hydrogen-bond donors (Lipinski definition) is 1. The zero-order chi connectivity index (χ0) is 9.26. The second kappa shape index (κ2) is 3.26. The maximum Gasteiger partial charge on any atom is 0.145 e. The Hall–Kier alpha value is -1.22. The second-order valence-electron chi connectivity index (χ2n) is 2.88. The molecule has 2 aromatic rings. The van der Waals surface area contributed by atoms with E-state index in [0.29, 0.717) is 0 Å². The fourth-order valence-electron chi connectivity index (χ4n) is 1.25. The van der Waals surface area contributed by atoms with Gasteiger partial charge in [0.05, 0.1) is 15.9 Å². The number of nitrogens with zero attached hydrogens (tertiary/aromatic N) is 1. The van der Waals surface area contributed by atoms with Gasteiger partial charge in [-0.1, -0.05) is 31.3 Å². The third-order valence-corrected chi connectivity index (χ3v) is 2.46. The molecule has 1 aromatic heterocycles. The van der Waals surface area contributed by atoms with Gasteiger partial charge in [0, 0.05) is 0 Å². The Morgan fingerprint density at radius 1 is 1.46 bits per heavy atom. The summed E-state index contributed by atoms with van der Waals surface area (Å²) >= 11 is 5.17. The molecule has 0 aliphatic heterocycles. The average molecular weight is 190 g/mol. The maximum absolute atomic E-state index is 5.17. The molecule has 1 N–H and O–H groups in total. The first-order valence-corrected chi connectivity index (χ1v) is 4.70. The number of benzene rings is 1. The van der Waals surface area contributed by atoms with Gasteiger partial charge in [-0.3, -0.25) is 0 Å². The van der Waals surface area contributed by atoms with Gasteiger partial charge in [0.2, 0.25) is 0 Å². The minimum Gasteiger partial charge on any atom is -0.338 e. The number of imidazole rings is 1. The minimum atomic E-state index is 0.832. The highest BCUT2D eigenvalue weighted by atomic mass is 32.1. The van der Waals surface area contributed by atoms with Crippen LogP contribution in [0.15, 0.2) is 24.3 Å². The lowest BCUT2D eigenvalue weighted by Crippen LogP contribution is -1.96. The molecule has 1 heterocycles. The molecule has 13 heavy (non-hydrogen) atoms. The van der Waals surface area contributed by atoms with Crippen LogP contribution in [0.5, 0.6) is 0 Å². The fraction of sp³-hybridized carbons (Fsp3) is 0.200. The number of H-pyrrole nitrogens is 1. The Kier molecular flexibility index (Phi) is 2.10. The zero-order valence-electron chi connectivity index (χ0n) is 7.37. The standard InChI is InChI=1S/C10H10N2S/c1-2-9(13)10-11-7-5-3-4-6-8(7)12-10/h3-6H,2H2,1H3,(H,11,12). The van der Waals surface area contributed by atoms with Gasteiger partial charge in [-0.05, 0) is 18.6 Å². The maximum atomic E-state index is 5.17. The van der Waals surface area contributed by atoms with Crippen LogP contribution in [0.4, 0.5) is 0 Å². The molecule has 0 saturated carbocycles. The summed E-state index contributed by atoms with van der Waals surface area (Å²) in [5, 5.41) is 0.